The van der Waals surface area contributed by atoms with Gasteiger partial charge in [-0.3, -0.25) is 0 Å². The highest BCUT2D eigenvalue weighted by molar-refractivity contribution is 7.89. The van der Waals surface area contributed by atoms with Gasteiger partial charge in [0.15, 0.2) is 5.13 Å². The average molecular weight is 476 g/mol. The van der Waals surface area contributed by atoms with Gasteiger partial charge in [-0.2, -0.15) is 0 Å². The van der Waals surface area contributed by atoms with E-state index in [1.807, 2.05) is 13.0 Å². The van der Waals surface area contributed by atoms with Crippen molar-refractivity contribution < 1.29 is 17.9 Å². The lowest BCUT2D eigenvalue weighted by molar-refractivity contribution is 0.0735. The molecule has 1 aromatic heterocycles. The van der Waals surface area contributed by atoms with Crippen LogP contribution in [0.5, 0.6) is 5.75 Å². The van der Waals surface area contributed by atoms with Crippen LogP contribution in [0, 0.1) is 0 Å². The van der Waals surface area contributed by atoms with E-state index in [-0.39, 0.29) is 10.5 Å². The van der Waals surface area contributed by atoms with E-state index in [1.54, 1.807) is 30.5 Å². The summed E-state index contributed by atoms with van der Waals surface area (Å²) >= 11 is 1.56. The average Bonchev–Trinajstić information content (AvgIpc) is 3.21. The quantitative estimate of drug-likeness (QED) is 0.310. The molecule has 2 aromatic carbocycles. The van der Waals surface area contributed by atoms with E-state index in [2.05, 4.69) is 23.7 Å². The molecule has 32 heavy (non-hydrogen) atoms. The molecule has 0 aliphatic heterocycles. The predicted molar refractivity (Wildman–Crippen MR) is 129 cm³/mol. The molecule has 0 saturated heterocycles. The number of unbranched alkanes of at least 4 members (excludes halogenated alkanes) is 1. The van der Waals surface area contributed by atoms with Crippen LogP contribution in [0.15, 0.2) is 47.4 Å². The second kappa shape index (κ2) is 10.4. The monoisotopic (exact) mass is 475 g/mol. The number of sulfonamides is 1. The van der Waals surface area contributed by atoms with Gasteiger partial charge in [-0.25, -0.2) is 22.5 Å². The van der Waals surface area contributed by atoms with Gasteiger partial charge in [-0.1, -0.05) is 24.7 Å². The second-order valence-electron chi connectivity index (χ2n) is 7.39. The number of ether oxygens (including phenoxy) is 1. The molecule has 0 fully saturated rings. The van der Waals surface area contributed by atoms with Crippen LogP contribution in [0.3, 0.4) is 0 Å². The van der Waals surface area contributed by atoms with Crippen LogP contribution in [0.1, 0.15) is 44.0 Å². The lowest BCUT2D eigenvalue weighted by atomic mass is 10.2. The van der Waals surface area contributed by atoms with Crippen molar-refractivity contribution in [3.05, 3.63) is 48.0 Å². The van der Waals surface area contributed by atoms with E-state index in [1.165, 1.54) is 28.6 Å². The Kier molecular flexibility index (Phi) is 7.86. The summed E-state index contributed by atoms with van der Waals surface area (Å²) < 4.78 is 33.1. The number of nitrogens with zero attached hydrogens (tertiary/aromatic N) is 3. The summed E-state index contributed by atoms with van der Waals surface area (Å²) in [7, 11) is -2.01. The SMILES string of the molecule is CCCCN(C)S(=O)(=O)c1ccc(C(=O)Oc2ccc3nc(N(CC)CC)sc3c2)cc1. The van der Waals surface area contributed by atoms with Gasteiger partial charge in [0, 0.05) is 32.7 Å². The van der Waals surface area contributed by atoms with Gasteiger partial charge in [0.25, 0.3) is 0 Å². The van der Waals surface area contributed by atoms with Gasteiger partial charge >= 0.3 is 5.97 Å². The fraction of sp³-hybridized carbons (Fsp3) is 0.391. The maximum atomic E-state index is 12.6. The number of benzene rings is 2. The van der Waals surface area contributed by atoms with E-state index >= 15 is 0 Å². The van der Waals surface area contributed by atoms with Crippen molar-refractivity contribution in [2.75, 3.05) is 31.6 Å². The van der Waals surface area contributed by atoms with Crippen LogP contribution >= 0.6 is 11.3 Å². The first-order chi connectivity index (χ1) is 15.3. The first-order valence-corrected chi connectivity index (χ1v) is 13.0. The molecule has 0 saturated carbocycles. The minimum atomic E-state index is -3.57. The van der Waals surface area contributed by atoms with Crippen LogP contribution < -0.4 is 9.64 Å². The lowest BCUT2D eigenvalue weighted by Crippen LogP contribution is -2.28. The molecule has 0 bridgehead atoms. The first-order valence-electron chi connectivity index (χ1n) is 10.7. The van der Waals surface area contributed by atoms with Gasteiger partial charge < -0.3 is 9.64 Å². The summed E-state index contributed by atoms with van der Waals surface area (Å²) in [4.78, 5) is 19.6. The molecule has 172 valence electrons. The van der Waals surface area contributed by atoms with Crippen molar-refractivity contribution in [1.29, 1.82) is 0 Å². The smallest absolute Gasteiger partial charge is 0.343 e. The summed E-state index contributed by atoms with van der Waals surface area (Å²) in [5.74, 6) is -0.116. The van der Waals surface area contributed by atoms with Crippen molar-refractivity contribution in [3.63, 3.8) is 0 Å². The fourth-order valence-corrected chi connectivity index (χ4v) is 5.53. The highest BCUT2D eigenvalue weighted by Crippen LogP contribution is 2.31. The number of rotatable bonds is 10. The Labute approximate surface area is 193 Å². The van der Waals surface area contributed by atoms with E-state index in [0.29, 0.717) is 12.3 Å². The molecule has 0 aliphatic rings. The predicted octanol–water partition coefficient (Wildman–Crippen LogP) is 4.78. The van der Waals surface area contributed by atoms with Crippen molar-refractivity contribution in [1.82, 2.24) is 9.29 Å². The van der Waals surface area contributed by atoms with Crippen LogP contribution in [0.2, 0.25) is 0 Å². The Morgan fingerprint density at radius 3 is 2.38 bits per heavy atom. The Bertz CT molecular complexity index is 1170. The van der Waals surface area contributed by atoms with Gasteiger partial charge in [0.2, 0.25) is 10.0 Å². The van der Waals surface area contributed by atoms with Crippen molar-refractivity contribution in [2.24, 2.45) is 0 Å². The van der Waals surface area contributed by atoms with E-state index < -0.39 is 16.0 Å². The number of anilines is 1. The number of aromatic nitrogens is 1. The minimum Gasteiger partial charge on any atom is -0.423 e. The van der Waals surface area contributed by atoms with Crippen LogP contribution in [0.4, 0.5) is 5.13 Å². The Morgan fingerprint density at radius 1 is 1.06 bits per heavy atom. The molecule has 0 aliphatic carbocycles. The zero-order chi connectivity index (χ0) is 23.3. The van der Waals surface area contributed by atoms with Crippen LogP contribution in [-0.4, -0.2) is 50.4 Å². The van der Waals surface area contributed by atoms with E-state index in [0.717, 1.165) is 41.3 Å². The Hall–Kier alpha value is -2.49. The number of fused-ring (bicyclic) bond motifs is 1. The second-order valence-corrected chi connectivity index (χ2v) is 10.4. The summed E-state index contributed by atoms with van der Waals surface area (Å²) in [5.41, 5.74) is 1.15. The highest BCUT2D eigenvalue weighted by atomic mass is 32.2. The van der Waals surface area contributed by atoms with E-state index in [9.17, 15) is 13.2 Å². The third-order valence-electron chi connectivity index (χ3n) is 5.22. The molecular formula is C23H29N3O4S2. The number of carbonyl (C=O) groups is 1. The molecular weight excluding hydrogens is 446 g/mol. The molecule has 0 spiro atoms. The van der Waals surface area contributed by atoms with Crippen molar-refractivity contribution >= 4 is 42.7 Å². The molecule has 0 radical (unpaired) electrons. The van der Waals surface area contributed by atoms with Crippen LogP contribution in [-0.2, 0) is 10.0 Å². The van der Waals surface area contributed by atoms with E-state index in [4.69, 9.17) is 4.74 Å². The summed E-state index contributed by atoms with van der Waals surface area (Å²) in [6.45, 7) is 8.39. The number of hydrogen-bond acceptors (Lipinski definition) is 7. The first kappa shape index (κ1) is 24.2. The molecule has 9 heteroatoms. The summed E-state index contributed by atoms with van der Waals surface area (Å²) in [5, 5.41) is 0.939. The maximum Gasteiger partial charge on any atom is 0.343 e. The Balaban J connectivity index is 1.73. The van der Waals surface area contributed by atoms with Gasteiger partial charge in [0.05, 0.1) is 20.7 Å². The molecule has 0 amide bonds. The molecule has 1 heterocycles. The molecule has 7 nitrogen and oxygen atoms in total. The maximum absolute atomic E-state index is 12.6. The normalized spacial score (nSPS) is 11.8. The standard InChI is InChI=1S/C23H29N3O4S2/c1-5-8-15-25(4)32(28,29)19-12-9-17(10-13-19)22(27)30-18-11-14-20-21(16-18)31-23(24-20)26(6-2)7-3/h9-14,16H,5-8,15H2,1-4H3. The minimum absolute atomic E-state index is 0.155. The summed E-state index contributed by atoms with van der Waals surface area (Å²) in [6.07, 6.45) is 1.70. The third-order valence-corrected chi connectivity index (χ3v) is 8.17. The van der Waals surface area contributed by atoms with Gasteiger partial charge in [0.1, 0.15) is 5.75 Å². The largest absolute Gasteiger partial charge is 0.423 e. The molecule has 3 rings (SSSR count). The number of carbonyl (C=O) groups excluding carboxylic acids is 1. The van der Waals surface area contributed by atoms with Crippen molar-refractivity contribution in [3.8, 4) is 5.75 Å². The molecule has 3 aromatic rings. The number of esters is 1. The molecule has 0 N–H and O–H groups in total. The van der Waals surface area contributed by atoms with Gasteiger partial charge in [-0.05, 0) is 56.7 Å². The zero-order valence-corrected chi connectivity index (χ0v) is 20.5. The lowest BCUT2D eigenvalue weighted by Gasteiger charge is -2.16. The Morgan fingerprint density at radius 2 is 1.75 bits per heavy atom. The zero-order valence-electron chi connectivity index (χ0n) is 18.9. The highest BCUT2D eigenvalue weighted by Gasteiger charge is 2.21. The molecule has 0 unspecified atom stereocenters. The molecule has 0 atom stereocenters. The van der Waals surface area contributed by atoms with Gasteiger partial charge in [-0.15, -0.1) is 0 Å². The van der Waals surface area contributed by atoms with Crippen molar-refractivity contribution in [2.45, 2.75) is 38.5 Å². The number of thiazole rings is 1. The third kappa shape index (κ3) is 5.28. The topological polar surface area (TPSA) is 79.8 Å². The fourth-order valence-electron chi connectivity index (χ4n) is 3.20. The number of hydrogen-bond donors (Lipinski definition) is 0. The summed E-state index contributed by atoms with van der Waals surface area (Å²) in [6, 6.07) is 11.2. The van der Waals surface area contributed by atoms with Crippen LogP contribution in [0.25, 0.3) is 10.2 Å².